The second-order valence-electron chi connectivity index (χ2n) is 5.31. The van der Waals surface area contributed by atoms with Gasteiger partial charge in [-0.1, -0.05) is 0 Å². The number of aromatic carboxylic acids is 1. The Balaban J connectivity index is 2.03. The number of carboxylic acid groups (broad SMARTS) is 1. The number of allylic oxidation sites excluding steroid dienone is 2. The second-order valence-corrected chi connectivity index (χ2v) is 5.31. The van der Waals surface area contributed by atoms with Crippen LogP contribution in [0.25, 0.3) is 5.69 Å². The lowest BCUT2D eigenvalue weighted by atomic mass is 10.2. The molecule has 0 aliphatic carbocycles. The Morgan fingerprint density at radius 1 is 1.20 bits per heavy atom. The molecule has 132 valence electrons. The van der Waals surface area contributed by atoms with Crippen molar-refractivity contribution in [2.75, 3.05) is 14.2 Å². The minimum atomic E-state index is -0.940. The van der Waals surface area contributed by atoms with Gasteiger partial charge in [0.2, 0.25) is 0 Å². The van der Waals surface area contributed by atoms with E-state index in [1.807, 2.05) is 25.3 Å². The molecule has 25 heavy (non-hydrogen) atoms. The molecule has 0 spiro atoms. The zero-order valence-electron chi connectivity index (χ0n) is 14.6. The molecule has 0 aliphatic rings. The van der Waals surface area contributed by atoms with Crippen molar-refractivity contribution in [3.8, 4) is 5.69 Å². The lowest BCUT2D eigenvalue weighted by molar-refractivity contribution is 0.0697. The molecule has 0 fully saturated rings. The van der Waals surface area contributed by atoms with Crippen LogP contribution in [0.3, 0.4) is 0 Å². The Kier molecular flexibility index (Phi) is 6.39. The van der Waals surface area contributed by atoms with Crippen LogP contribution in [0.2, 0.25) is 0 Å². The van der Waals surface area contributed by atoms with Crippen LogP contribution in [-0.4, -0.2) is 35.1 Å². The van der Waals surface area contributed by atoms with E-state index in [0.29, 0.717) is 11.5 Å². The maximum absolute atomic E-state index is 10.9. The Hall–Kier alpha value is -3.02. The van der Waals surface area contributed by atoms with Gasteiger partial charge in [-0.25, -0.2) is 9.48 Å². The van der Waals surface area contributed by atoms with Crippen LogP contribution in [0, 0.1) is 0 Å². The van der Waals surface area contributed by atoms with Gasteiger partial charge in [0.25, 0.3) is 0 Å². The average molecular weight is 342 g/mol. The summed E-state index contributed by atoms with van der Waals surface area (Å²) in [4.78, 5) is 10.9. The molecule has 1 N–H and O–H groups in total. The predicted molar refractivity (Wildman–Crippen MR) is 94.7 cm³/mol. The molecule has 1 aromatic heterocycles. The number of hydrogen-bond donors (Lipinski definition) is 1. The monoisotopic (exact) mass is 342 g/mol. The lowest BCUT2D eigenvalue weighted by Crippen LogP contribution is -1.98. The summed E-state index contributed by atoms with van der Waals surface area (Å²) in [5, 5.41) is 13.3. The molecule has 0 unspecified atom stereocenters. The topological polar surface area (TPSA) is 73.6 Å². The van der Waals surface area contributed by atoms with Gasteiger partial charge in [0.15, 0.2) is 11.5 Å². The van der Waals surface area contributed by atoms with Crippen LogP contribution in [0.1, 0.15) is 29.3 Å². The number of benzene rings is 1. The van der Waals surface area contributed by atoms with Gasteiger partial charge in [-0.2, -0.15) is 5.10 Å². The number of carbonyl (C=O) groups is 1. The van der Waals surface area contributed by atoms with Crippen molar-refractivity contribution in [3.63, 3.8) is 0 Å². The molecule has 1 aromatic carbocycles. The van der Waals surface area contributed by atoms with Crippen LogP contribution in [0.5, 0.6) is 0 Å². The standard InChI is InChI=1S/C19H22N2O4/c1-4-17(24-2)18(25-3)7-5-6-14-12-20-21(13-14)16-10-8-15(9-11-16)19(22)23/h4,7-13H,5-6H2,1-3H3,(H,22,23)/b17-4+,18-7+. The van der Waals surface area contributed by atoms with Gasteiger partial charge in [0, 0.05) is 6.20 Å². The number of methoxy groups -OCH3 is 2. The van der Waals surface area contributed by atoms with Gasteiger partial charge >= 0.3 is 5.97 Å². The number of carboxylic acids is 1. The smallest absolute Gasteiger partial charge is 0.335 e. The van der Waals surface area contributed by atoms with Gasteiger partial charge < -0.3 is 14.6 Å². The summed E-state index contributed by atoms with van der Waals surface area (Å²) in [5.41, 5.74) is 2.15. The van der Waals surface area contributed by atoms with Gasteiger partial charge in [0.05, 0.1) is 31.7 Å². The van der Waals surface area contributed by atoms with Gasteiger partial charge in [0.1, 0.15) is 0 Å². The summed E-state index contributed by atoms with van der Waals surface area (Å²) in [7, 11) is 3.23. The molecule has 0 saturated heterocycles. The third kappa shape index (κ3) is 4.73. The van der Waals surface area contributed by atoms with E-state index in [0.717, 1.165) is 24.1 Å². The van der Waals surface area contributed by atoms with E-state index in [2.05, 4.69) is 5.10 Å². The van der Waals surface area contributed by atoms with Crippen LogP contribution in [-0.2, 0) is 15.9 Å². The van der Waals surface area contributed by atoms with E-state index < -0.39 is 5.97 Å². The summed E-state index contributed by atoms with van der Waals surface area (Å²) in [6.45, 7) is 1.89. The highest BCUT2D eigenvalue weighted by Crippen LogP contribution is 2.15. The Labute approximate surface area is 147 Å². The van der Waals surface area contributed by atoms with Crippen LogP contribution >= 0.6 is 0 Å². The molecule has 0 saturated carbocycles. The van der Waals surface area contributed by atoms with Crippen molar-refractivity contribution in [1.82, 2.24) is 9.78 Å². The third-order valence-corrected chi connectivity index (χ3v) is 3.72. The molecule has 1 heterocycles. The van der Waals surface area contributed by atoms with Crippen molar-refractivity contribution in [2.45, 2.75) is 19.8 Å². The van der Waals surface area contributed by atoms with E-state index in [-0.39, 0.29) is 5.56 Å². The van der Waals surface area contributed by atoms with Crippen molar-refractivity contribution < 1.29 is 19.4 Å². The van der Waals surface area contributed by atoms with E-state index in [1.54, 1.807) is 49.4 Å². The number of aryl methyl sites for hydroxylation is 1. The summed E-state index contributed by atoms with van der Waals surface area (Å²) in [6, 6.07) is 6.60. The molecule has 2 aromatic rings. The molecule has 0 atom stereocenters. The number of hydrogen-bond acceptors (Lipinski definition) is 4. The Morgan fingerprint density at radius 3 is 2.44 bits per heavy atom. The fraction of sp³-hybridized carbons (Fsp3) is 0.263. The summed E-state index contributed by atoms with van der Waals surface area (Å²) in [5.74, 6) is 0.475. The maximum atomic E-state index is 10.9. The lowest BCUT2D eigenvalue weighted by Gasteiger charge is -2.09. The fourth-order valence-electron chi connectivity index (χ4n) is 2.40. The predicted octanol–water partition coefficient (Wildman–Crippen LogP) is 3.58. The fourth-order valence-corrected chi connectivity index (χ4v) is 2.40. The molecule has 0 amide bonds. The molecular weight excluding hydrogens is 320 g/mol. The maximum Gasteiger partial charge on any atom is 0.335 e. The van der Waals surface area contributed by atoms with E-state index in [4.69, 9.17) is 14.6 Å². The Morgan fingerprint density at radius 2 is 1.88 bits per heavy atom. The quantitative estimate of drug-likeness (QED) is 0.586. The van der Waals surface area contributed by atoms with Gasteiger partial charge in [-0.15, -0.1) is 0 Å². The summed E-state index contributed by atoms with van der Waals surface area (Å²) in [6.07, 6.45) is 9.17. The minimum Gasteiger partial charge on any atom is -0.493 e. The first kappa shape index (κ1) is 18.3. The Bertz CT molecular complexity index is 773. The number of rotatable bonds is 8. The number of nitrogens with zero attached hydrogens (tertiary/aromatic N) is 2. The molecule has 2 rings (SSSR count). The van der Waals surface area contributed by atoms with Gasteiger partial charge in [-0.05, 0) is 61.7 Å². The first-order valence-corrected chi connectivity index (χ1v) is 7.91. The summed E-state index contributed by atoms with van der Waals surface area (Å²) >= 11 is 0. The first-order valence-electron chi connectivity index (χ1n) is 7.91. The third-order valence-electron chi connectivity index (χ3n) is 3.72. The molecule has 0 radical (unpaired) electrons. The largest absolute Gasteiger partial charge is 0.493 e. The molecule has 0 aliphatic heterocycles. The minimum absolute atomic E-state index is 0.256. The number of aromatic nitrogens is 2. The van der Waals surface area contributed by atoms with Crippen molar-refractivity contribution in [3.05, 3.63) is 71.5 Å². The van der Waals surface area contributed by atoms with Crippen LogP contribution in [0.15, 0.2) is 60.3 Å². The highest BCUT2D eigenvalue weighted by Gasteiger charge is 2.06. The molecule has 6 nitrogen and oxygen atoms in total. The van der Waals surface area contributed by atoms with E-state index in [1.165, 1.54) is 0 Å². The average Bonchev–Trinajstić information content (AvgIpc) is 3.10. The van der Waals surface area contributed by atoms with E-state index >= 15 is 0 Å². The van der Waals surface area contributed by atoms with E-state index in [9.17, 15) is 4.79 Å². The SMILES string of the molecule is C/C=C(OC)\C(=C/CCc1cnn(-c2ccc(C(=O)O)cc2)c1)OC. The number of ether oxygens (including phenoxy) is 2. The zero-order valence-corrected chi connectivity index (χ0v) is 14.6. The van der Waals surface area contributed by atoms with Gasteiger partial charge in [-0.3, -0.25) is 0 Å². The normalized spacial score (nSPS) is 12.1. The van der Waals surface area contributed by atoms with Crippen molar-refractivity contribution >= 4 is 5.97 Å². The highest BCUT2D eigenvalue weighted by atomic mass is 16.5. The summed E-state index contributed by atoms with van der Waals surface area (Å²) < 4.78 is 12.3. The first-order chi connectivity index (χ1) is 12.1. The van der Waals surface area contributed by atoms with Crippen molar-refractivity contribution in [2.24, 2.45) is 0 Å². The van der Waals surface area contributed by atoms with Crippen LogP contribution in [0.4, 0.5) is 0 Å². The molecule has 6 heteroatoms. The second kappa shape index (κ2) is 8.73. The zero-order chi connectivity index (χ0) is 18.2. The molecular formula is C19H22N2O4. The molecule has 0 bridgehead atoms. The highest BCUT2D eigenvalue weighted by molar-refractivity contribution is 5.87. The van der Waals surface area contributed by atoms with Crippen molar-refractivity contribution in [1.29, 1.82) is 0 Å². The van der Waals surface area contributed by atoms with Crippen LogP contribution < -0.4 is 0 Å².